The van der Waals surface area contributed by atoms with Crippen molar-refractivity contribution in [2.45, 2.75) is 32.2 Å². The van der Waals surface area contributed by atoms with Gasteiger partial charge in [-0.1, -0.05) is 0 Å². The van der Waals surface area contributed by atoms with Gasteiger partial charge in [0.15, 0.2) is 0 Å². The summed E-state index contributed by atoms with van der Waals surface area (Å²) in [6.07, 6.45) is 2.93. The summed E-state index contributed by atoms with van der Waals surface area (Å²) in [5.74, 6) is 0.614. The molecule has 0 amide bonds. The molecule has 98 valence electrons. The number of nitrogens with zero attached hydrogens (tertiary/aromatic N) is 2. The number of esters is 1. The van der Waals surface area contributed by atoms with Crippen LogP contribution in [-0.4, -0.2) is 30.6 Å². The predicted octanol–water partition coefficient (Wildman–Crippen LogP) is 1.50. The lowest BCUT2D eigenvalue weighted by molar-refractivity contribution is -0.142. The van der Waals surface area contributed by atoms with Crippen LogP contribution in [0.25, 0.3) is 0 Å². The Bertz CT molecular complexity index is 448. The summed E-state index contributed by atoms with van der Waals surface area (Å²) in [6.45, 7) is 2.70. The first kappa shape index (κ1) is 12.7. The Hall–Kier alpha value is -1.78. The number of carbonyl (C=O) groups is 1. The van der Waals surface area contributed by atoms with Crippen LogP contribution in [0.15, 0.2) is 12.1 Å². The first-order valence-corrected chi connectivity index (χ1v) is 6.21. The fourth-order valence-electron chi connectivity index (χ4n) is 2.31. The zero-order chi connectivity index (χ0) is 13.1. The number of hydrogen-bond donors (Lipinski definition) is 1. The van der Waals surface area contributed by atoms with Gasteiger partial charge in [0.2, 0.25) is 0 Å². The highest BCUT2D eigenvalue weighted by atomic mass is 16.5. The summed E-state index contributed by atoms with van der Waals surface area (Å²) in [5, 5.41) is 0. The second kappa shape index (κ2) is 5.25. The SMILES string of the molecule is COC(=O)C1CCCCN1c1ccc(N)c(C)n1. The number of aryl methyl sites for hydroxylation is 1. The largest absolute Gasteiger partial charge is 0.467 e. The highest BCUT2D eigenvalue weighted by molar-refractivity contribution is 5.80. The van der Waals surface area contributed by atoms with Crippen LogP contribution in [0.5, 0.6) is 0 Å². The Morgan fingerprint density at radius 1 is 1.50 bits per heavy atom. The van der Waals surface area contributed by atoms with Crippen LogP contribution in [-0.2, 0) is 9.53 Å². The van der Waals surface area contributed by atoms with Crippen LogP contribution in [0.1, 0.15) is 25.0 Å². The van der Waals surface area contributed by atoms with Crippen LogP contribution < -0.4 is 10.6 Å². The number of methoxy groups -OCH3 is 1. The van der Waals surface area contributed by atoms with Crippen molar-refractivity contribution in [2.24, 2.45) is 0 Å². The van der Waals surface area contributed by atoms with E-state index < -0.39 is 0 Å². The van der Waals surface area contributed by atoms with Gasteiger partial charge in [0, 0.05) is 6.54 Å². The maximum Gasteiger partial charge on any atom is 0.328 e. The minimum Gasteiger partial charge on any atom is -0.467 e. The van der Waals surface area contributed by atoms with E-state index in [0.717, 1.165) is 37.3 Å². The van der Waals surface area contributed by atoms with Gasteiger partial charge in [0.1, 0.15) is 11.9 Å². The lowest BCUT2D eigenvalue weighted by atomic mass is 10.0. The second-order valence-electron chi connectivity index (χ2n) is 4.57. The molecular formula is C13H19N3O2. The lowest BCUT2D eigenvalue weighted by Crippen LogP contribution is -2.45. The second-order valence-corrected chi connectivity index (χ2v) is 4.57. The summed E-state index contributed by atoms with van der Waals surface area (Å²) < 4.78 is 4.86. The highest BCUT2D eigenvalue weighted by Crippen LogP contribution is 2.25. The number of hydrogen-bond acceptors (Lipinski definition) is 5. The van der Waals surface area contributed by atoms with Crippen LogP contribution >= 0.6 is 0 Å². The van der Waals surface area contributed by atoms with E-state index in [9.17, 15) is 4.79 Å². The molecule has 0 aromatic carbocycles. The van der Waals surface area contributed by atoms with E-state index in [1.54, 1.807) is 0 Å². The number of aromatic nitrogens is 1. The average Bonchev–Trinajstić information content (AvgIpc) is 2.41. The molecule has 2 N–H and O–H groups in total. The van der Waals surface area contributed by atoms with Gasteiger partial charge in [-0.05, 0) is 38.3 Å². The molecule has 1 fully saturated rings. The van der Waals surface area contributed by atoms with Gasteiger partial charge < -0.3 is 15.4 Å². The molecule has 5 nitrogen and oxygen atoms in total. The molecule has 0 aliphatic carbocycles. The number of pyridine rings is 1. The third-order valence-corrected chi connectivity index (χ3v) is 3.38. The molecule has 0 bridgehead atoms. The van der Waals surface area contributed by atoms with E-state index in [0.29, 0.717) is 5.69 Å². The lowest BCUT2D eigenvalue weighted by Gasteiger charge is -2.34. The molecule has 0 radical (unpaired) electrons. The van der Waals surface area contributed by atoms with E-state index in [2.05, 4.69) is 4.98 Å². The predicted molar refractivity (Wildman–Crippen MR) is 70.4 cm³/mol. The van der Waals surface area contributed by atoms with Crippen LogP contribution in [0.4, 0.5) is 11.5 Å². The summed E-state index contributed by atoms with van der Waals surface area (Å²) in [7, 11) is 1.43. The quantitative estimate of drug-likeness (QED) is 0.804. The van der Waals surface area contributed by atoms with Crippen molar-refractivity contribution in [1.29, 1.82) is 0 Å². The van der Waals surface area contributed by atoms with Gasteiger partial charge >= 0.3 is 5.97 Å². The van der Waals surface area contributed by atoms with Crippen molar-refractivity contribution in [1.82, 2.24) is 4.98 Å². The molecule has 1 unspecified atom stereocenters. The van der Waals surface area contributed by atoms with Crippen molar-refractivity contribution >= 4 is 17.5 Å². The van der Waals surface area contributed by atoms with E-state index in [1.165, 1.54) is 7.11 Å². The molecule has 1 aliphatic rings. The van der Waals surface area contributed by atoms with E-state index in [4.69, 9.17) is 10.5 Å². The fraction of sp³-hybridized carbons (Fsp3) is 0.538. The Labute approximate surface area is 107 Å². The molecule has 1 aliphatic heterocycles. The summed E-state index contributed by atoms with van der Waals surface area (Å²) in [4.78, 5) is 18.3. The van der Waals surface area contributed by atoms with Crippen LogP contribution in [0.2, 0.25) is 0 Å². The molecule has 2 rings (SSSR count). The minimum absolute atomic E-state index is 0.189. The molecule has 0 saturated carbocycles. The van der Waals surface area contributed by atoms with Crippen molar-refractivity contribution < 1.29 is 9.53 Å². The molecule has 18 heavy (non-hydrogen) atoms. The van der Waals surface area contributed by atoms with Crippen molar-refractivity contribution in [3.8, 4) is 0 Å². The van der Waals surface area contributed by atoms with Gasteiger partial charge in [0.25, 0.3) is 0 Å². The zero-order valence-electron chi connectivity index (χ0n) is 10.8. The smallest absolute Gasteiger partial charge is 0.328 e. The number of nitrogens with two attached hydrogens (primary N) is 1. The Morgan fingerprint density at radius 2 is 2.28 bits per heavy atom. The monoisotopic (exact) mass is 249 g/mol. The first-order valence-electron chi connectivity index (χ1n) is 6.21. The van der Waals surface area contributed by atoms with Crippen molar-refractivity contribution in [3.05, 3.63) is 17.8 Å². The maximum absolute atomic E-state index is 11.8. The Kier molecular flexibility index (Phi) is 3.69. The molecule has 1 aromatic heterocycles. The van der Waals surface area contributed by atoms with E-state index in [-0.39, 0.29) is 12.0 Å². The number of nitrogen functional groups attached to an aromatic ring is 1. The number of anilines is 2. The average molecular weight is 249 g/mol. The molecule has 1 aromatic rings. The topological polar surface area (TPSA) is 68.5 Å². The molecule has 5 heteroatoms. The summed E-state index contributed by atoms with van der Waals surface area (Å²) in [6, 6.07) is 3.48. The normalized spacial score (nSPS) is 19.7. The van der Waals surface area contributed by atoms with Gasteiger partial charge in [-0.25, -0.2) is 9.78 Å². The number of carbonyl (C=O) groups excluding carboxylic acids is 1. The molecular weight excluding hydrogens is 230 g/mol. The third-order valence-electron chi connectivity index (χ3n) is 3.38. The number of ether oxygens (including phenoxy) is 1. The van der Waals surface area contributed by atoms with Gasteiger partial charge in [-0.15, -0.1) is 0 Å². The van der Waals surface area contributed by atoms with Crippen molar-refractivity contribution in [3.63, 3.8) is 0 Å². The summed E-state index contributed by atoms with van der Waals surface area (Å²) in [5.41, 5.74) is 7.23. The Balaban J connectivity index is 2.27. The van der Waals surface area contributed by atoms with Crippen LogP contribution in [0.3, 0.4) is 0 Å². The summed E-state index contributed by atoms with van der Waals surface area (Å²) >= 11 is 0. The highest BCUT2D eigenvalue weighted by Gasteiger charge is 2.30. The number of rotatable bonds is 2. The maximum atomic E-state index is 11.8. The van der Waals surface area contributed by atoms with E-state index in [1.807, 2.05) is 24.0 Å². The fourth-order valence-corrected chi connectivity index (χ4v) is 2.31. The molecule has 1 atom stereocenters. The number of piperidine rings is 1. The van der Waals surface area contributed by atoms with Gasteiger partial charge in [-0.3, -0.25) is 0 Å². The third kappa shape index (κ3) is 2.39. The van der Waals surface area contributed by atoms with E-state index >= 15 is 0 Å². The first-order chi connectivity index (χ1) is 8.63. The van der Waals surface area contributed by atoms with Gasteiger partial charge in [-0.2, -0.15) is 0 Å². The Morgan fingerprint density at radius 3 is 2.94 bits per heavy atom. The van der Waals surface area contributed by atoms with Crippen LogP contribution in [0, 0.1) is 6.92 Å². The minimum atomic E-state index is -0.223. The molecule has 2 heterocycles. The molecule has 1 saturated heterocycles. The van der Waals surface area contributed by atoms with Crippen molar-refractivity contribution in [2.75, 3.05) is 24.3 Å². The molecule has 0 spiro atoms. The van der Waals surface area contributed by atoms with Gasteiger partial charge in [0.05, 0.1) is 18.5 Å². The standard InChI is InChI=1S/C13H19N3O2/c1-9-10(14)6-7-12(15-9)16-8-4-3-5-11(16)13(17)18-2/h6-7,11H,3-5,8,14H2,1-2H3. The zero-order valence-corrected chi connectivity index (χ0v) is 10.8.